The Bertz CT molecular complexity index is 1330. The molecular weight excluding hydrogens is 432 g/mol. The van der Waals surface area contributed by atoms with Crippen LogP contribution in [-0.2, 0) is 17.7 Å². The van der Waals surface area contributed by atoms with Gasteiger partial charge in [-0.15, -0.1) is 0 Å². The lowest BCUT2D eigenvalue weighted by Gasteiger charge is -2.11. The normalized spacial score (nSPS) is 12.1. The molecule has 0 saturated carbocycles. The number of aryl methyl sites for hydroxylation is 2. The second kappa shape index (κ2) is 9.99. The van der Waals surface area contributed by atoms with Crippen molar-refractivity contribution < 1.29 is 19.0 Å². The standard InChI is InChI=1S/C26H30N4O4/c1-5-16(2)15-34-26(31)22-23-25(29-19-9-7-6-8-18(19)28-23)30(24(22)27)13-12-17-10-11-20(32-3)21(14-17)33-4/h6-11,14,16H,5,12-13,15,27H2,1-4H3/t16-/m1/s1. The summed E-state index contributed by atoms with van der Waals surface area (Å²) in [4.78, 5) is 22.6. The topological polar surface area (TPSA) is 101 Å². The summed E-state index contributed by atoms with van der Waals surface area (Å²) in [5, 5.41) is 0. The molecule has 2 aromatic heterocycles. The highest BCUT2D eigenvalue weighted by molar-refractivity contribution is 6.08. The first kappa shape index (κ1) is 23.4. The zero-order valence-electron chi connectivity index (χ0n) is 20.0. The average Bonchev–Trinajstić information content (AvgIpc) is 3.13. The second-order valence-electron chi connectivity index (χ2n) is 8.35. The Balaban J connectivity index is 1.74. The second-order valence-corrected chi connectivity index (χ2v) is 8.35. The maximum atomic E-state index is 13.1. The molecule has 0 unspecified atom stereocenters. The number of hydrogen-bond donors (Lipinski definition) is 1. The molecule has 4 aromatic rings. The van der Waals surface area contributed by atoms with Crippen molar-refractivity contribution in [1.82, 2.24) is 14.5 Å². The van der Waals surface area contributed by atoms with Gasteiger partial charge < -0.3 is 24.5 Å². The van der Waals surface area contributed by atoms with Crippen molar-refractivity contribution in [3.63, 3.8) is 0 Å². The Morgan fingerprint density at radius 3 is 2.44 bits per heavy atom. The van der Waals surface area contributed by atoms with E-state index in [1.807, 2.05) is 54.0 Å². The molecule has 0 aliphatic carbocycles. The first-order chi connectivity index (χ1) is 16.5. The van der Waals surface area contributed by atoms with E-state index in [1.165, 1.54) is 0 Å². The highest BCUT2D eigenvalue weighted by Crippen LogP contribution is 2.31. The van der Waals surface area contributed by atoms with E-state index in [9.17, 15) is 4.79 Å². The number of esters is 1. The average molecular weight is 463 g/mol. The number of nitrogens with two attached hydrogens (primary N) is 1. The van der Waals surface area contributed by atoms with E-state index >= 15 is 0 Å². The number of benzene rings is 2. The van der Waals surface area contributed by atoms with Crippen LogP contribution in [0.3, 0.4) is 0 Å². The monoisotopic (exact) mass is 462 g/mol. The highest BCUT2D eigenvalue weighted by atomic mass is 16.5. The summed E-state index contributed by atoms with van der Waals surface area (Å²) in [5.74, 6) is 1.42. The van der Waals surface area contributed by atoms with Gasteiger partial charge in [0.15, 0.2) is 17.1 Å². The van der Waals surface area contributed by atoms with Gasteiger partial charge in [0.1, 0.15) is 16.9 Å². The molecule has 0 aliphatic heterocycles. The van der Waals surface area contributed by atoms with Crippen molar-refractivity contribution in [3.8, 4) is 11.5 Å². The van der Waals surface area contributed by atoms with Gasteiger partial charge in [0, 0.05) is 6.54 Å². The van der Waals surface area contributed by atoms with Crippen LogP contribution >= 0.6 is 0 Å². The molecular formula is C26H30N4O4. The van der Waals surface area contributed by atoms with Crippen molar-refractivity contribution in [2.24, 2.45) is 5.92 Å². The molecule has 0 bridgehead atoms. The molecule has 34 heavy (non-hydrogen) atoms. The molecule has 0 amide bonds. The fourth-order valence-electron chi connectivity index (χ4n) is 3.83. The quantitative estimate of drug-likeness (QED) is 0.362. The van der Waals surface area contributed by atoms with Crippen molar-refractivity contribution in [2.75, 3.05) is 26.6 Å². The number of carbonyl (C=O) groups is 1. The van der Waals surface area contributed by atoms with Gasteiger partial charge in [0.2, 0.25) is 0 Å². The molecule has 8 nitrogen and oxygen atoms in total. The molecule has 0 spiro atoms. The van der Waals surface area contributed by atoms with Gasteiger partial charge in [-0.05, 0) is 42.2 Å². The van der Waals surface area contributed by atoms with Crippen molar-refractivity contribution >= 4 is 34.0 Å². The van der Waals surface area contributed by atoms with Crippen LogP contribution in [0.25, 0.3) is 22.2 Å². The Hall–Kier alpha value is -3.81. The summed E-state index contributed by atoms with van der Waals surface area (Å²) in [7, 11) is 3.21. The number of methoxy groups -OCH3 is 2. The lowest BCUT2D eigenvalue weighted by molar-refractivity contribution is 0.0450. The van der Waals surface area contributed by atoms with E-state index in [0.717, 1.165) is 17.5 Å². The number of anilines is 1. The van der Waals surface area contributed by atoms with E-state index in [1.54, 1.807) is 14.2 Å². The van der Waals surface area contributed by atoms with Gasteiger partial charge >= 0.3 is 5.97 Å². The third-order valence-corrected chi connectivity index (χ3v) is 6.06. The van der Waals surface area contributed by atoms with E-state index in [2.05, 4.69) is 6.92 Å². The first-order valence-electron chi connectivity index (χ1n) is 11.4. The van der Waals surface area contributed by atoms with Crippen molar-refractivity contribution in [1.29, 1.82) is 0 Å². The van der Waals surface area contributed by atoms with E-state index in [4.69, 9.17) is 29.9 Å². The number of aromatic nitrogens is 3. The van der Waals surface area contributed by atoms with Gasteiger partial charge in [-0.25, -0.2) is 14.8 Å². The van der Waals surface area contributed by atoms with Crippen LogP contribution in [0.5, 0.6) is 11.5 Å². The third kappa shape index (κ3) is 4.48. The van der Waals surface area contributed by atoms with Crippen LogP contribution in [-0.4, -0.2) is 41.3 Å². The molecule has 2 heterocycles. The van der Waals surface area contributed by atoms with Crippen LogP contribution in [0.1, 0.15) is 36.2 Å². The lowest BCUT2D eigenvalue weighted by atomic mass is 10.1. The summed E-state index contributed by atoms with van der Waals surface area (Å²) in [6.07, 6.45) is 1.56. The molecule has 8 heteroatoms. The summed E-state index contributed by atoms with van der Waals surface area (Å²) in [6.45, 7) is 4.93. The Kier molecular flexibility index (Phi) is 6.86. The van der Waals surface area contributed by atoms with Crippen LogP contribution in [0.4, 0.5) is 5.82 Å². The number of nitrogens with zero attached hydrogens (tertiary/aromatic N) is 3. The number of ether oxygens (including phenoxy) is 3. The maximum absolute atomic E-state index is 13.1. The molecule has 1 atom stereocenters. The molecule has 0 aliphatic rings. The number of hydrogen-bond acceptors (Lipinski definition) is 7. The SMILES string of the molecule is CC[C@@H](C)COC(=O)c1c(N)n(CCc2ccc(OC)c(OC)c2)c2nc3ccccc3nc12. The Morgan fingerprint density at radius 2 is 1.76 bits per heavy atom. The molecule has 178 valence electrons. The lowest BCUT2D eigenvalue weighted by Crippen LogP contribution is -2.14. The van der Waals surface area contributed by atoms with Crippen LogP contribution in [0, 0.1) is 5.92 Å². The summed E-state index contributed by atoms with van der Waals surface area (Å²) < 4.78 is 18.2. The molecule has 2 aromatic carbocycles. The predicted molar refractivity (Wildman–Crippen MR) is 132 cm³/mol. The van der Waals surface area contributed by atoms with Gasteiger partial charge in [-0.1, -0.05) is 38.5 Å². The number of carbonyl (C=O) groups excluding carboxylic acids is 1. The zero-order chi connectivity index (χ0) is 24.2. The van der Waals surface area contributed by atoms with Crippen molar-refractivity contribution in [3.05, 3.63) is 53.6 Å². The minimum atomic E-state index is -0.475. The fourth-order valence-corrected chi connectivity index (χ4v) is 3.83. The minimum Gasteiger partial charge on any atom is -0.493 e. The number of fused-ring (bicyclic) bond motifs is 2. The van der Waals surface area contributed by atoms with Gasteiger partial charge in [0.25, 0.3) is 0 Å². The smallest absolute Gasteiger partial charge is 0.344 e. The summed E-state index contributed by atoms with van der Waals surface area (Å²) in [6, 6.07) is 13.3. The van der Waals surface area contributed by atoms with E-state index in [-0.39, 0.29) is 11.5 Å². The predicted octanol–water partition coefficient (Wildman–Crippen LogP) is 4.63. The number of para-hydroxylation sites is 2. The first-order valence-corrected chi connectivity index (χ1v) is 11.4. The van der Waals surface area contributed by atoms with Gasteiger partial charge in [-0.2, -0.15) is 0 Å². The highest BCUT2D eigenvalue weighted by Gasteiger charge is 2.25. The Morgan fingerprint density at radius 1 is 1.06 bits per heavy atom. The molecule has 4 rings (SSSR count). The van der Waals surface area contributed by atoms with Crippen LogP contribution in [0.15, 0.2) is 42.5 Å². The largest absolute Gasteiger partial charge is 0.493 e. The van der Waals surface area contributed by atoms with E-state index in [0.29, 0.717) is 53.6 Å². The molecule has 0 fully saturated rings. The van der Waals surface area contributed by atoms with E-state index < -0.39 is 5.97 Å². The molecule has 0 saturated heterocycles. The number of nitrogen functional groups attached to an aromatic ring is 1. The summed E-state index contributed by atoms with van der Waals surface area (Å²) in [5.41, 5.74) is 10.3. The van der Waals surface area contributed by atoms with Crippen LogP contribution in [0.2, 0.25) is 0 Å². The molecule has 2 N–H and O–H groups in total. The Labute approximate surface area is 198 Å². The van der Waals surface area contributed by atoms with Crippen molar-refractivity contribution in [2.45, 2.75) is 33.2 Å². The molecule has 0 radical (unpaired) electrons. The minimum absolute atomic E-state index is 0.260. The van der Waals surface area contributed by atoms with Gasteiger partial charge in [0.05, 0.1) is 31.9 Å². The zero-order valence-corrected chi connectivity index (χ0v) is 20.0. The summed E-state index contributed by atoms with van der Waals surface area (Å²) >= 11 is 0. The van der Waals surface area contributed by atoms with Crippen LogP contribution < -0.4 is 15.2 Å². The van der Waals surface area contributed by atoms with Gasteiger partial charge in [-0.3, -0.25) is 0 Å². The number of rotatable bonds is 9. The maximum Gasteiger partial charge on any atom is 0.344 e. The third-order valence-electron chi connectivity index (χ3n) is 6.06. The fraction of sp³-hybridized carbons (Fsp3) is 0.346.